The highest BCUT2D eigenvalue weighted by Crippen LogP contribution is 2.35. The normalized spacial score (nSPS) is 12.2. The minimum atomic E-state index is -0.341. The lowest BCUT2D eigenvalue weighted by Gasteiger charge is -2.13. The standard InChI is InChI=1S/C20H14Cl2N2OS/c21-15-8-6-13(10-16(15)22)19(25)24-20(26)23-17-9-7-12-5-4-11-2-1-3-14(17)18(11)12/h1-3,6-10H,4-5H2,(H2,23,24,25,26). The molecule has 2 N–H and O–H groups in total. The van der Waals surface area contributed by atoms with Crippen LogP contribution in [-0.2, 0) is 12.8 Å². The van der Waals surface area contributed by atoms with E-state index in [1.807, 2.05) is 6.07 Å². The maximum absolute atomic E-state index is 12.4. The zero-order chi connectivity index (χ0) is 18.3. The van der Waals surface area contributed by atoms with Crippen molar-refractivity contribution in [1.29, 1.82) is 0 Å². The molecule has 1 aliphatic rings. The Hall–Kier alpha value is -2.14. The highest BCUT2D eigenvalue weighted by Gasteiger charge is 2.16. The molecule has 1 amide bonds. The smallest absolute Gasteiger partial charge is 0.257 e. The van der Waals surface area contributed by atoms with E-state index in [1.165, 1.54) is 22.6 Å². The van der Waals surface area contributed by atoms with Crippen molar-refractivity contribution in [3.63, 3.8) is 0 Å². The summed E-state index contributed by atoms with van der Waals surface area (Å²) >= 11 is 17.2. The summed E-state index contributed by atoms with van der Waals surface area (Å²) in [6.45, 7) is 0. The van der Waals surface area contributed by atoms with Gasteiger partial charge in [-0.15, -0.1) is 0 Å². The summed E-state index contributed by atoms with van der Waals surface area (Å²) < 4.78 is 0. The SMILES string of the molecule is O=C(NC(=S)Nc1ccc2c3c(cccc13)CC2)c1ccc(Cl)c(Cl)c1. The molecule has 26 heavy (non-hydrogen) atoms. The Morgan fingerprint density at radius 1 is 0.962 bits per heavy atom. The monoisotopic (exact) mass is 400 g/mol. The number of hydrogen-bond donors (Lipinski definition) is 2. The second-order valence-electron chi connectivity index (χ2n) is 6.15. The van der Waals surface area contributed by atoms with Crippen LogP contribution < -0.4 is 10.6 Å². The van der Waals surface area contributed by atoms with Gasteiger partial charge in [0.1, 0.15) is 0 Å². The van der Waals surface area contributed by atoms with Crippen LogP contribution in [0.5, 0.6) is 0 Å². The van der Waals surface area contributed by atoms with Crippen LogP contribution in [0.4, 0.5) is 5.69 Å². The van der Waals surface area contributed by atoms with Crippen molar-refractivity contribution in [1.82, 2.24) is 5.32 Å². The first-order chi connectivity index (χ1) is 12.5. The minimum Gasteiger partial charge on any atom is -0.332 e. The van der Waals surface area contributed by atoms with Gasteiger partial charge < -0.3 is 5.32 Å². The summed E-state index contributed by atoms with van der Waals surface area (Å²) in [7, 11) is 0. The summed E-state index contributed by atoms with van der Waals surface area (Å²) in [6.07, 6.45) is 2.13. The molecule has 0 atom stereocenters. The molecule has 130 valence electrons. The van der Waals surface area contributed by atoms with Gasteiger partial charge in [0.05, 0.1) is 10.0 Å². The van der Waals surface area contributed by atoms with Gasteiger partial charge in [0.15, 0.2) is 5.11 Å². The topological polar surface area (TPSA) is 41.1 Å². The van der Waals surface area contributed by atoms with E-state index < -0.39 is 0 Å². The molecule has 3 aromatic carbocycles. The summed E-state index contributed by atoms with van der Waals surface area (Å²) in [5.74, 6) is -0.341. The number of hydrogen-bond acceptors (Lipinski definition) is 2. The lowest BCUT2D eigenvalue weighted by atomic mass is 10.0. The minimum absolute atomic E-state index is 0.236. The third-order valence-corrected chi connectivity index (χ3v) is 5.48. The number of amides is 1. The zero-order valence-electron chi connectivity index (χ0n) is 13.6. The average molecular weight is 401 g/mol. The molecular weight excluding hydrogens is 387 g/mol. The number of carbonyl (C=O) groups excluding carboxylic acids is 1. The third kappa shape index (κ3) is 3.16. The van der Waals surface area contributed by atoms with Gasteiger partial charge in [0, 0.05) is 16.6 Å². The largest absolute Gasteiger partial charge is 0.332 e. The van der Waals surface area contributed by atoms with Crippen molar-refractivity contribution in [2.45, 2.75) is 12.8 Å². The maximum Gasteiger partial charge on any atom is 0.257 e. The lowest BCUT2D eigenvalue weighted by Crippen LogP contribution is -2.34. The summed E-state index contributed by atoms with van der Waals surface area (Å²) in [5.41, 5.74) is 3.98. The van der Waals surface area contributed by atoms with Crippen LogP contribution in [0.2, 0.25) is 10.0 Å². The van der Waals surface area contributed by atoms with E-state index >= 15 is 0 Å². The molecule has 0 aromatic heterocycles. The molecule has 0 fully saturated rings. The first kappa shape index (κ1) is 17.3. The Morgan fingerprint density at radius 3 is 2.50 bits per heavy atom. The number of nitrogens with one attached hydrogen (secondary N) is 2. The second kappa shape index (κ2) is 6.88. The predicted octanol–water partition coefficient (Wildman–Crippen LogP) is 5.37. The van der Waals surface area contributed by atoms with Crippen molar-refractivity contribution in [3.8, 4) is 0 Å². The van der Waals surface area contributed by atoms with E-state index in [0.717, 1.165) is 23.9 Å². The van der Waals surface area contributed by atoms with Crippen LogP contribution in [0.15, 0.2) is 48.5 Å². The first-order valence-corrected chi connectivity index (χ1v) is 9.30. The molecule has 3 aromatic rings. The van der Waals surface area contributed by atoms with E-state index in [2.05, 4.69) is 34.9 Å². The summed E-state index contributed by atoms with van der Waals surface area (Å²) in [4.78, 5) is 12.4. The molecule has 4 rings (SSSR count). The fourth-order valence-corrected chi connectivity index (χ4v) is 3.82. The van der Waals surface area contributed by atoms with Crippen LogP contribution in [-0.4, -0.2) is 11.0 Å². The lowest BCUT2D eigenvalue weighted by molar-refractivity contribution is 0.0977. The average Bonchev–Trinajstić information content (AvgIpc) is 3.04. The number of benzene rings is 3. The van der Waals surface area contributed by atoms with Crippen LogP contribution in [0.25, 0.3) is 10.8 Å². The van der Waals surface area contributed by atoms with Crippen molar-refractivity contribution < 1.29 is 4.79 Å². The quantitative estimate of drug-likeness (QED) is 0.567. The fraction of sp³-hybridized carbons (Fsp3) is 0.100. The van der Waals surface area contributed by atoms with Crippen molar-refractivity contribution in [2.75, 3.05) is 5.32 Å². The van der Waals surface area contributed by atoms with Crippen LogP contribution >= 0.6 is 35.4 Å². The van der Waals surface area contributed by atoms with Gasteiger partial charge in [-0.2, -0.15) is 0 Å². The van der Waals surface area contributed by atoms with Crippen LogP contribution in [0.3, 0.4) is 0 Å². The molecule has 0 spiro atoms. The van der Waals surface area contributed by atoms with Gasteiger partial charge >= 0.3 is 0 Å². The molecule has 0 saturated carbocycles. The molecular formula is C20H14Cl2N2OS. The van der Waals surface area contributed by atoms with Crippen molar-refractivity contribution >= 4 is 62.9 Å². The van der Waals surface area contributed by atoms with E-state index in [4.69, 9.17) is 35.4 Å². The summed E-state index contributed by atoms with van der Waals surface area (Å²) in [6, 6.07) is 15.1. The Bertz CT molecular complexity index is 1050. The van der Waals surface area contributed by atoms with E-state index in [0.29, 0.717) is 15.6 Å². The molecule has 0 bridgehead atoms. The number of rotatable bonds is 2. The molecule has 0 unspecified atom stereocenters. The van der Waals surface area contributed by atoms with Gasteiger partial charge in [-0.3, -0.25) is 10.1 Å². The molecule has 0 heterocycles. The number of thiocarbonyl (C=S) groups is 1. The maximum atomic E-state index is 12.4. The number of halogens is 2. The Labute approximate surface area is 166 Å². The van der Waals surface area contributed by atoms with E-state index in [1.54, 1.807) is 12.1 Å². The van der Waals surface area contributed by atoms with Gasteiger partial charge in [-0.25, -0.2) is 0 Å². The Kier molecular flexibility index (Phi) is 4.57. The second-order valence-corrected chi connectivity index (χ2v) is 7.37. The molecule has 0 saturated heterocycles. The highest BCUT2D eigenvalue weighted by atomic mass is 35.5. The van der Waals surface area contributed by atoms with Gasteiger partial charge in [-0.1, -0.05) is 47.5 Å². The third-order valence-electron chi connectivity index (χ3n) is 4.53. The highest BCUT2D eigenvalue weighted by molar-refractivity contribution is 7.80. The van der Waals surface area contributed by atoms with Crippen molar-refractivity contribution in [3.05, 3.63) is 75.3 Å². The first-order valence-electron chi connectivity index (χ1n) is 8.14. The predicted molar refractivity (Wildman–Crippen MR) is 112 cm³/mol. The van der Waals surface area contributed by atoms with E-state index in [-0.39, 0.29) is 11.0 Å². The molecule has 6 heteroatoms. The van der Waals surface area contributed by atoms with Crippen molar-refractivity contribution in [2.24, 2.45) is 0 Å². The van der Waals surface area contributed by atoms with Gasteiger partial charge in [0.25, 0.3) is 5.91 Å². The van der Waals surface area contributed by atoms with Gasteiger partial charge in [-0.05, 0) is 65.8 Å². The van der Waals surface area contributed by atoms with Crippen LogP contribution in [0, 0.1) is 0 Å². The number of anilines is 1. The molecule has 0 aliphatic heterocycles. The summed E-state index contributed by atoms with van der Waals surface area (Å²) in [5, 5.41) is 9.18. The Morgan fingerprint density at radius 2 is 1.73 bits per heavy atom. The molecule has 1 aliphatic carbocycles. The van der Waals surface area contributed by atoms with Crippen LogP contribution in [0.1, 0.15) is 21.5 Å². The Balaban J connectivity index is 1.55. The van der Waals surface area contributed by atoms with E-state index in [9.17, 15) is 4.79 Å². The fourth-order valence-electron chi connectivity index (χ4n) is 3.32. The number of aryl methyl sites for hydroxylation is 2. The van der Waals surface area contributed by atoms with Gasteiger partial charge in [0.2, 0.25) is 0 Å². The molecule has 3 nitrogen and oxygen atoms in total. The molecule has 0 radical (unpaired) electrons. The number of carbonyl (C=O) groups is 1. The zero-order valence-corrected chi connectivity index (χ0v) is 15.9.